The Morgan fingerprint density at radius 2 is 1.94 bits per heavy atom. The quantitative estimate of drug-likeness (QED) is 0.0863. The van der Waals surface area contributed by atoms with E-state index in [2.05, 4.69) is 38.1 Å². The highest BCUT2D eigenvalue weighted by atomic mass is 31.3. The zero-order valence-corrected chi connectivity index (χ0v) is 18.9. The number of phosphoric acid groups is 3. The Balaban J connectivity index is 1.82. The van der Waals surface area contributed by atoms with Crippen molar-refractivity contribution in [3.05, 3.63) is 16.8 Å². The smallest absolute Gasteiger partial charge is 0.385 e. The van der Waals surface area contributed by atoms with Gasteiger partial charge >= 0.3 is 23.5 Å². The number of phosphoric ester groups is 1. The molecule has 1 aliphatic heterocycles. The number of aliphatic hydroxyl groups excluding tert-OH is 1. The number of azide groups is 1. The van der Waals surface area contributed by atoms with Crippen molar-refractivity contribution in [3.8, 4) is 0 Å². The van der Waals surface area contributed by atoms with Gasteiger partial charge in [0.25, 0.3) is 0 Å². The van der Waals surface area contributed by atoms with Crippen molar-refractivity contribution in [2.24, 2.45) is 5.11 Å². The maximum Gasteiger partial charge on any atom is 0.490 e. The standard InChI is InChI=1S/C10H15N8O13P3/c11-7-5-8(14-3-13-7)18(9(15-5)16-17-12)10(20)2-28-4(6(10)19)1-29-33(24,25)31-34(26,27)30-32(21,22)23/h3-4,6,19-20H,1-2H2,(H,24,25)(H,26,27)(H2,11,13,14)(H2,21,22,23). The highest BCUT2D eigenvalue weighted by molar-refractivity contribution is 7.66. The fourth-order valence-corrected chi connectivity index (χ4v) is 5.90. The largest absolute Gasteiger partial charge is 0.490 e. The molecular formula is C10H15N8O13P3. The number of aliphatic hydroxyl groups is 2. The summed E-state index contributed by atoms with van der Waals surface area (Å²) in [6.45, 7) is -1.80. The zero-order valence-electron chi connectivity index (χ0n) is 16.2. The summed E-state index contributed by atoms with van der Waals surface area (Å²) in [5.74, 6) is -0.650. The summed E-state index contributed by atoms with van der Waals surface area (Å²) >= 11 is 0. The van der Waals surface area contributed by atoms with Gasteiger partial charge in [-0.05, 0) is 10.6 Å². The van der Waals surface area contributed by atoms with Crippen molar-refractivity contribution >= 4 is 46.4 Å². The number of nitrogens with zero attached hydrogens (tertiary/aromatic N) is 7. The molecule has 5 unspecified atom stereocenters. The van der Waals surface area contributed by atoms with E-state index in [4.69, 9.17) is 30.7 Å². The number of anilines is 1. The molecule has 8 N–H and O–H groups in total. The molecule has 1 saturated heterocycles. The second-order valence-corrected chi connectivity index (χ2v) is 10.8. The van der Waals surface area contributed by atoms with Crippen LogP contribution in [-0.2, 0) is 37.3 Å². The number of ether oxygens (including phenoxy) is 1. The van der Waals surface area contributed by atoms with Gasteiger partial charge in [-0.25, -0.2) is 28.6 Å². The van der Waals surface area contributed by atoms with Gasteiger partial charge in [-0.1, -0.05) is 0 Å². The molecule has 5 atom stereocenters. The number of hydrogen-bond acceptors (Lipinski definition) is 14. The number of rotatable bonds is 9. The second-order valence-electron chi connectivity index (χ2n) is 6.43. The summed E-state index contributed by atoms with van der Waals surface area (Å²) in [7, 11) is -16.9. The van der Waals surface area contributed by atoms with Crippen LogP contribution in [0.25, 0.3) is 21.6 Å². The molecule has 21 nitrogen and oxygen atoms in total. The molecule has 34 heavy (non-hydrogen) atoms. The lowest BCUT2D eigenvalue weighted by Crippen LogP contribution is -2.47. The number of fused-ring (bicyclic) bond motifs is 1. The Morgan fingerprint density at radius 1 is 1.26 bits per heavy atom. The van der Waals surface area contributed by atoms with Crippen LogP contribution >= 0.6 is 23.5 Å². The van der Waals surface area contributed by atoms with Gasteiger partial charge in [0.2, 0.25) is 5.95 Å². The van der Waals surface area contributed by atoms with Gasteiger partial charge in [0.15, 0.2) is 22.7 Å². The Hall–Kier alpha value is -2.05. The fourth-order valence-electron chi connectivity index (χ4n) is 2.87. The minimum Gasteiger partial charge on any atom is -0.385 e. The van der Waals surface area contributed by atoms with E-state index in [0.29, 0.717) is 0 Å². The van der Waals surface area contributed by atoms with Crippen LogP contribution in [0.3, 0.4) is 0 Å². The van der Waals surface area contributed by atoms with E-state index >= 15 is 0 Å². The van der Waals surface area contributed by atoms with E-state index in [-0.39, 0.29) is 17.0 Å². The van der Waals surface area contributed by atoms with Gasteiger partial charge in [0.1, 0.15) is 18.5 Å². The molecule has 188 valence electrons. The van der Waals surface area contributed by atoms with Crippen LogP contribution < -0.4 is 5.73 Å². The molecule has 0 bridgehead atoms. The molecule has 3 rings (SSSR count). The number of imidazole rings is 1. The molecule has 24 heteroatoms. The maximum absolute atomic E-state index is 11.9. The topological polar surface area (TPSA) is 328 Å². The minimum atomic E-state index is -5.76. The molecule has 0 aliphatic carbocycles. The van der Waals surface area contributed by atoms with Gasteiger partial charge in [-0.15, -0.1) is 0 Å². The molecule has 0 amide bonds. The third-order valence-electron chi connectivity index (χ3n) is 4.13. The SMILES string of the molecule is [N-]=[N+]=Nc1nc2c(N)ncnc2n1C1(O)COC(COP(=O)(O)OP(=O)(O)OP(=O)(O)O)C1O. The fraction of sp³-hybridized carbons (Fsp3) is 0.500. The van der Waals surface area contributed by atoms with Crippen LogP contribution in [0.4, 0.5) is 11.8 Å². The highest BCUT2D eigenvalue weighted by Gasteiger charge is 2.52. The van der Waals surface area contributed by atoms with E-state index < -0.39 is 60.6 Å². The van der Waals surface area contributed by atoms with Crippen molar-refractivity contribution in [3.63, 3.8) is 0 Å². The van der Waals surface area contributed by atoms with E-state index in [1.807, 2.05) is 0 Å². The highest BCUT2D eigenvalue weighted by Crippen LogP contribution is 2.66. The van der Waals surface area contributed by atoms with Crippen molar-refractivity contribution in [1.29, 1.82) is 0 Å². The summed E-state index contributed by atoms with van der Waals surface area (Å²) in [5.41, 5.74) is 11.8. The molecule has 1 aliphatic rings. The molecule has 2 aromatic rings. The van der Waals surface area contributed by atoms with Gasteiger partial charge in [0.05, 0.1) is 13.2 Å². The van der Waals surface area contributed by atoms with Crippen LogP contribution in [0.15, 0.2) is 11.4 Å². The van der Waals surface area contributed by atoms with Gasteiger partial charge < -0.3 is 40.3 Å². The van der Waals surface area contributed by atoms with Crippen LogP contribution in [0.1, 0.15) is 0 Å². The lowest BCUT2D eigenvalue weighted by molar-refractivity contribution is -0.108. The first-order valence-electron chi connectivity index (χ1n) is 8.43. The van der Waals surface area contributed by atoms with Crippen LogP contribution in [0.5, 0.6) is 0 Å². The maximum atomic E-state index is 11.9. The third kappa shape index (κ3) is 5.60. The first kappa shape index (κ1) is 26.6. The third-order valence-corrected chi connectivity index (χ3v) is 7.93. The lowest BCUT2D eigenvalue weighted by Gasteiger charge is -2.29. The zero-order chi connectivity index (χ0) is 25.5. The van der Waals surface area contributed by atoms with E-state index in [9.17, 15) is 28.8 Å². The predicted octanol–water partition coefficient (Wildman–Crippen LogP) is -0.902. The number of aromatic nitrogens is 4. The summed E-state index contributed by atoms with van der Waals surface area (Å²) in [4.78, 5) is 49.8. The number of hydrogen-bond donors (Lipinski definition) is 7. The molecule has 2 aromatic heterocycles. The van der Waals surface area contributed by atoms with Gasteiger partial charge in [0, 0.05) is 4.91 Å². The van der Waals surface area contributed by atoms with Crippen LogP contribution in [-0.4, -0.2) is 74.7 Å². The molecule has 0 spiro atoms. The first-order chi connectivity index (χ1) is 15.6. The van der Waals surface area contributed by atoms with Crippen molar-refractivity contribution in [2.75, 3.05) is 18.9 Å². The summed E-state index contributed by atoms with van der Waals surface area (Å²) < 4.78 is 51.4. The van der Waals surface area contributed by atoms with E-state index in [0.717, 1.165) is 10.9 Å². The van der Waals surface area contributed by atoms with Gasteiger partial charge in [-0.2, -0.15) is 8.62 Å². The predicted molar refractivity (Wildman–Crippen MR) is 104 cm³/mol. The summed E-state index contributed by atoms with van der Waals surface area (Å²) in [6.07, 6.45) is -2.60. The molecule has 0 radical (unpaired) electrons. The minimum absolute atomic E-state index is 0.0951. The van der Waals surface area contributed by atoms with Crippen molar-refractivity contribution < 1.29 is 61.4 Å². The van der Waals surface area contributed by atoms with E-state index in [1.165, 1.54) is 0 Å². The first-order valence-corrected chi connectivity index (χ1v) is 13.0. The van der Waals surface area contributed by atoms with E-state index in [1.54, 1.807) is 0 Å². The normalized spacial score (nSPS) is 26.6. The molecule has 0 aromatic carbocycles. The number of nitrogen functional groups attached to an aromatic ring is 1. The number of nitrogens with two attached hydrogens (primary N) is 1. The molecule has 1 fully saturated rings. The average Bonchev–Trinajstić information content (AvgIpc) is 3.17. The van der Waals surface area contributed by atoms with Crippen molar-refractivity contribution in [1.82, 2.24) is 19.5 Å². The molecular weight excluding hydrogens is 533 g/mol. The van der Waals surface area contributed by atoms with Gasteiger partial charge in [-0.3, -0.25) is 9.09 Å². The molecule has 3 heterocycles. The van der Waals surface area contributed by atoms with Crippen molar-refractivity contribution in [2.45, 2.75) is 17.9 Å². The van der Waals surface area contributed by atoms with Crippen LogP contribution in [0, 0.1) is 0 Å². The monoisotopic (exact) mass is 548 g/mol. The summed E-state index contributed by atoms with van der Waals surface area (Å²) in [6, 6.07) is 0. The van der Waals surface area contributed by atoms with Crippen LogP contribution in [0.2, 0.25) is 0 Å². The Morgan fingerprint density at radius 3 is 2.56 bits per heavy atom. The Bertz CT molecular complexity index is 1290. The Kier molecular flexibility index (Phi) is 7.18. The second kappa shape index (κ2) is 9.19. The average molecular weight is 548 g/mol. The molecule has 0 saturated carbocycles. The summed E-state index contributed by atoms with van der Waals surface area (Å²) in [5, 5.41) is 25.0. The lowest BCUT2D eigenvalue weighted by atomic mass is 10.1. The Labute approximate surface area is 186 Å².